The van der Waals surface area contributed by atoms with Gasteiger partial charge in [0.05, 0.1) is 6.10 Å². The van der Waals surface area contributed by atoms with Gasteiger partial charge in [-0.25, -0.2) is 0 Å². The van der Waals surface area contributed by atoms with Gasteiger partial charge >= 0.3 is 0 Å². The highest BCUT2D eigenvalue weighted by atomic mass is 16.5. The molecule has 0 spiro atoms. The van der Waals surface area contributed by atoms with E-state index in [1.807, 2.05) is 0 Å². The van der Waals surface area contributed by atoms with Crippen LogP contribution in [0.5, 0.6) is 0 Å². The van der Waals surface area contributed by atoms with Gasteiger partial charge < -0.3 is 10.1 Å². The van der Waals surface area contributed by atoms with Crippen molar-refractivity contribution in [1.29, 1.82) is 0 Å². The van der Waals surface area contributed by atoms with E-state index in [9.17, 15) is 0 Å². The number of rotatable bonds is 6. The van der Waals surface area contributed by atoms with Crippen molar-refractivity contribution in [2.75, 3.05) is 13.2 Å². The molecule has 2 rings (SSSR count). The SMILES string of the molecule is CCNC1CCCC1CCOC1CC(C)CC(C)(C)C1. The summed E-state index contributed by atoms with van der Waals surface area (Å²) in [5, 5.41) is 3.65. The van der Waals surface area contributed by atoms with Crippen LogP contribution in [0, 0.1) is 17.3 Å². The maximum Gasteiger partial charge on any atom is 0.0582 e. The average molecular weight is 281 g/mol. The first-order chi connectivity index (χ1) is 9.50. The molecular weight excluding hydrogens is 246 g/mol. The predicted molar refractivity (Wildman–Crippen MR) is 86.0 cm³/mol. The molecule has 4 atom stereocenters. The predicted octanol–water partition coefficient (Wildman–Crippen LogP) is 4.39. The van der Waals surface area contributed by atoms with Gasteiger partial charge in [0.15, 0.2) is 0 Å². The van der Waals surface area contributed by atoms with Crippen molar-refractivity contribution in [2.24, 2.45) is 17.3 Å². The van der Waals surface area contributed by atoms with Crippen LogP contribution in [0.1, 0.15) is 72.6 Å². The maximum atomic E-state index is 6.25. The largest absolute Gasteiger partial charge is 0.378 e. The molecule has 0 amide bonds. The Hall–Kier alpha value is -0.0800. The fourth-order valence-electron chi connectivity index (χ4n) is 4.68. The van der Waals surface area contributed by atoms with E-state index in [-0.39, 0.29) is 0 Å². The van der Waals surface area contributed by atoms with Crippen LogP contribution in [0.15, 0.2) is 0 Å². The van der Waals surface area contributed by atoms with Gasteiger partial charge in [-0.05, 0) is 62.3 Å². The highest BCUT2D eigenvalue weighted by molar-refractivity contribution is 4.85. The van der Waals surface area contributed by atoms with Gasteiger partial charge in [0.25, 0.3) is 0 Å². The fraction of sp³-hybridized carbons (Fsp3) is 1.00. The average Bonchev–Trinajstić information content (AvgIpc) is 2.75. The molecule has 2 nitrogen and oxygen atoms in total. The first-order valence-electron chi connectivity index (χ1n) is 8.85. The standard InChI is InChI=1S/C18H35NO/c1-5-19-17-8-6-7-15(17)9-10-20-16-11-14(2)12-18(3,4)13-16/h14-17,19H,5-13H2,1-4H3. The third kappa shape index (κ3) is 4.73. The number of hydrogen-bond acceptors (Lipinski definition) is 2. The molecule has 0 aromatic heterocycles. The molecule has 2 aliphatic rings. The minimum absolute atomic E-state index is 0.474. The van der Waals surface area contributed by atoms with Crippen LogP contribution >= 0.6 is 0 Å². The minimum atomic E-state index is 0.474. The van der Waals surface area contributed by atoms with Gasteiger partial charge in [0.2, 0.25) is 0 Å². The van der Waals surface area contributed by atoms with E-state index in [1.165, 1.54) is 44.9 Å². The summed E-state index contributed by atoms with van der Waals surface area (Å²) in [6.07, 6.45) is 9.80. The first-order valence-corrected chi connectivity index (χ1v) is 8.85. The van der Waals surface area contributed by atoms with Crippen LogP contribution in [0.2, 0.25) is 0 Å². The molecule has 2 fully saturated rings. The smallest absolute Gasteiger partial charge is 0.0582 e. The molecule has 0 radical (unpaired) electrons. The van der Waals surface area contributed by atoms with E-state index in [1.54, 1.807) is 0 Å². The van der Waals surface area contributed by atoms with E-state index in [2.05, 4.69) is 33.0 Å². The van der Waals surface area contributed by atoms with Crippen LogP contribution < -0.4 is 5.32 Å². The van der Waals surface area contributed by atoms with Gasteiger partial charge in [-0.15, -0.1) is 0 Å². The van der Waals surface area contributed by atoms with Crippen LogP contribution in [-0.4, -0.2) is 25.3 Å². The lowest BCUT2D eigenvalue weighted by atomic mass is 9.71. The van der Waals surface area contributed by atoms with Crippen LogP contribution in [0.4, 0.5) is 0 Å². The van der Waals surface area contributed by atoms with E-state index < -0.39 is 0 Å². The fourth-order valence-corrected chi connectivity index (χ4v) is 4.68. The quantitative estimate of drug-likeness (QED) is 0.780. The molecule has 118 valence electrons. The lowest BCUT2D eigenvalue weighted by Gasteiger charge is -2.39. The zero-order valence-corrected chi connectivity index (χ0v) is 14.1. The van der Waals surface area contributed by atoms with Gasteiger partial charge in [0.1, 0.15) is 0 Å². The van der Waals surface area contributed by atoms with Gasteiger partial charge in [0, 0.05) is 12.6 Å². The van der Waals surface area contributed by atoms with Crippen molar-refractivity contribution in [1.82, 2.24) is 5.32 Å². The summed E-state index contributed by atoms with van der Waals surface area (Å²) < 4.78 is 6.25. The number of nitrogens with one attached hydrogen (secondary N) is 1. The molecule has 0 heterocycles. The summed E-state index contributed by atoms with van der Waals surface area (Å²) in [5.74, 6) is 1.67. The van der Waals surface area contributed by atoms with E-state index >= 15 is 0 Å². The van der Waals surface area contributed by atoms with Crippen LogP contribution in [0.3, 0.4) is 0 Å². The Morgan fingerprint density at radius 1 is 1.20 bits per heavy atom. The van der Waals surface area contributed by atoms with Crippen LogP contribution in [-0.2, 0) is 4.74 Å². The number of hydrogen-bond donors (Lipinski definition) is 1. The molecule has 2 saturated carbocycles. The Labute approximate surface area is 126 Å². The van der Waals surface area contributed by atoms with Crippen molar-refractivity contribution in [3.8, 4) is 0 Å². The van der Waals surface area contributed by atoms with Crippen molar-refractivity contribution < 1.29 is 4.74 Å². The summed E-state index contributed by atoms with van der Waals surface area (Å²) in [6, 6.07) is 0.755. The summed E-state index contributed by atoms with van der Waals surface area (Å²) in [6.45, 7) is 11.5. The minimum Gasteiger partial charge on any atom is -0.378 e. The molecule has 20 heavy (non-hydrogen) atoms. The summed E-state index contributed by atoms with van der Waals surface area (Å²) >= 11 is 0. The van der Waals surface area contributed by atoms with Gasteiger partial charge in [-0.2, -0.15) is 0 Å². The monoisotopic (exact) mass is 281 g/mol. The molecule has 1 N–H and O–H groups in total. The molecule has 0 aromatic carbocycles. The van der Waals surface area contributed by atoms with Crippen molar-refractivity contribution in [3.63, 3.8) is 0 Å². The van der Waals surface area contributed by atoms with E-state index in [4.69, 9.17) is 4.74 Å². The highest BCUT2D eigenvalue weighted by Crippen LogP contribution is 2.40. The summed E-state index contributed by atoms with van der Waals surface area (Å²) in [5.41, 5.74) is 0.474. The third-order valence-corrected chi connectivity index (χ3v) is 5.31. The molecule has 0 saturated heterocycles. The van der Waals surface area contributed by atoms with Gasteiger partial charge in [-0.3, -0.25) is 0 Å². The Kier molecular flexibility index (Phi) is 5.92. The van der Waals surface area contributed by atoms with Crippen molar-refractivity contribution in [2.45, 2.75) is 84.8 Å². The Balaban J connectivity index is 1.70. The Morgan fingerprint density at radius 3 is 2.70 bits per heavy atom. The zero-order valence-electron chi connectivity index (χ0n) is 14.1. The second kappa shape index (κ2) is 7.26. The normalized spacial score (nSPS) is 37.2. The second-order valence-electron chi connectivity index (χ2n) is 8.05. The first kappa shape index (κ1) is 16.3. The molecule has 4 unspecified atom stereocenters. The maximum absolute atomic E-state index is 6.25. The van der Waals surface area contributed by atoms with Crippen molar-refractivity contribution >= 4 is 0 Å². The molecule has 0 aromatic rings. The molecule has 0 bridgehead atoms. The van der Waals surface area contributed by atoms with E-state index in [0.29, 0.717) is 11.5 Å². The number of ether oxygens (including phenoxy) is 1. The zero-order chi connectivity index (χ0) is 14.6. The second-order valence-corrected chi connectivity index (χ2v) is 8.05. The molecule has 2 heteroatoms. The third-order valence-electron chi connectivity index (χ3n) is 5.31. The lowest BCUT2D eigenvalue weighted by molar-refractivity contribution is -0.0276. The topological polar surface area (TPSA) is 21.3 Å². The molecule has 2 aliphatic carbocycles. The summed E-state index contributed by atoms with van der Waals surface area (Å²) in [7, 11) is 0. The van der Waals surface area contributed by atoms with E-state index in [0.717, 1.165) is 31.0 Å². The molecule has 0 aliphatic heterocycles. The Morgan fingerprint density at radius 2 is 2.00 bits per heavy atom. The van der Waals surface area contributed by atoms with Crippen LogP contribution in [0.25, 0.3) is 0 Å². The highest BCUT2D eigenvalue weighted by Gasteiger charge is 2.33. The summed E-state index contributed by atoms with van der Waals surface area (Å²) in [4.78, 5) is 0. The molecular formula is C18H35NO. The lowest BCUT2D eigenvalue weighted by Crippen LogP contribution is -2.34. The Bertz CT molecular complexity index is 289. The van der Waals surface area contributed by atoms with Gasteiger partial charge in [-0.1, -0.05) is 34.1 Å². The van der Waals surface area contributed by atoms with Crippen molar-refractivity contribution in [3.05, 3.63) is 0 Å².